The number of nitrogens with two attached hydrogens (primary N) is 1. The van der Waals surface area contributed by atoms with E-state index in [0.29, 0.717) is 16.6 Å². The minimum absolute atomic E-state index is 0. The Bertz CT molecular complexity index is 1650. The van der Waals surface area contributed by atoms with Crippen LogP contribution in [0.4, 0.5) is 5.13 Å². The molecular weight excluding hydrogens is 583 g/mol. The Morgan fingerprint density at radius 2 is 2.03 bits per heavy atom. The van der Waals surface area contributed by atoms with Gasteiger partial charge in [-0.25, -0.2) is 13.4 Å². The number of H-pyrrole nitrogens is 1. The smallest absolute Gasteiger partial charge is 0.543 e. The number of β-lactam (4-membered cyclic amide) rings is 1. The number of benzene rings is 1. The molecule has 2 atom stereocenters. The number of aromatic nitrogens is 4. The molecule has 1 unspecified atom stereocenters. The number of aliphatic carboxylic acids is 1. The van der Waals surface area contributed by atoms with Crippen LogP contribution in [0.25, 0.3) is 11.0 Å². The Labute approximate surface area is 250 Å². The predicted octanol–water partition coefficient (Wildman–Crippen LogP) is -4.80. The molecule has 2 amide bonds. The van der Waals surface area contributed by atoms with Crippen LogP contribution in [0.3, 0.4) is 0 Å². The first-order chi connectivity index (χ1) is 18.1. The van der Waals surface area contributed by atoms with Crippen LogP contribution in [0.2, 0.25) is 0 Å². The molecule has 0 bridgehead atoms. The fourth-order valence-corrected chi connectivity index (χ4v) is 7.73. The van der Waals surface area contributed by atoms with Crippen LogP contribution in [0, 0.1) is 0 Å². The molecule has 1 fully saturated rings. The van der Waals surface area contributed by atoms with Crippen molar-refractivity contribution in [1.29, 1.82) is 0 Å². The monoisotopic (exact) mass is 600 g/mol. The maximum absolute atomic E-state index is 12.9. The number of nitrogens with one attached hydrogen (secondary N) is 2. The molecule has 0 spiro atoms. The van der Waals surface area contributed by atoms with Gasteiger partial charge in [0.05, 0.1) is 23.2 Å². The Kier molecular flexibility index (Phi) is 8.33. The summed E-state index contributed by atoms with van der Waals surface area (Å²) >= 11 is 2.10. The van der Waals surface area contributed by atoms with Gasteiger partial charge in [-0.05, 0) is 23.3 Å². The van der Waals surface area contributed by atoms with Gasteiger partial charge in [0.25, 0.3) is 11.8 Å². The molecule has 0 saturated carbocycles. The zero-order chi connectivity index (χ0) is 27.2. The van der Waals surface area contributed by atoms with Crippen molar-refractivity contribution in [2.24, 2.45) is 5.16 Å². The number of nitrogen functional groups attached to an aromatic ring is 1. The van der Waals surface area contributed by atoms with E-state index in [1.807, 2.05) is 0 Å². The number of thioether (sulfide) groups is 1. The number of aromatic amines is 1. The molecule has 15 nitrogen and oxygen atoms in total. The van der Waals surface area contributed by atoms with Gasteiger partial charge in [0.1, 0.15) is 28.1 Å². The fraction of sp³-hybridized carbons (Fsp3) is 0.250. The second kappa shape index (κ2) is 11.2. The van der Waals surface area contributed by atoms with Crippen LogP contribution in [-0.2, 0) is 30.0 Å². The van der Waals surface area contributed by atoms with Gasteiger partial charge >= 0.3 is 29.6 Å². The molecule has 1 saturated heterocycles. The van der Waals surface area contributed by atoms with Crippen molar-refractivity contribution in [3.8, 4) is 0 Å². The quantitative estimate of drug-likeness (QED) is 0.0627. The number of carboxylic acid groups (broad SMARTS) is 1. The zero-order valence-electron chi connectivity index (χ0n) is 20.0. The first-order valence-electron chi connectivity index (χ1n) is 10.7. The van der Waals surface area contributed by atoms with E-state index in [1.165, 1.54) is 5.38 Å². The minimum Gasteiger partial charge on any atom is -0.543 e. The average molecular weight is 601 g/mol. The van der Waals surface area contributed by atoms with E-state index in [0.717, 1.165) is 28.0 Å². The number of sulfone groups is 1. The van der Waals surface area contributed by atoms with Crippen LogP contribution in [0.1, 0.15) is 11.3 Å². The number of oxime groups is 1. The van der Waals surface area contributed by atoms with Crippen LogP contribution >= 0.6 is 23.1 Å². The van der Waals surface area contributed by atoms with Gasteiger partial charge in [0.2, 0.25) is 0 Å². The molecule has 5 N–H and O–H groups in total. The summed E-state index contributed by atoms with van der Waals surface area (Å²) in [6.45, 7) is 0. The van der Waals surface area contributed by atoms with Gasteiger partial charge in [-0.3, -0.25) is 14.5 Å². The Morgan fingerprint density at radius 1 is 1.28 bits per heavy atom. The number of carbonyl (C=O) groups excluding carboxylic acids is 3. The third-order valence-electron chi connectivity index (χ3n) is 5.77. The summed E-state index contributed by atoms with van der Waals surface area (Å²) in [7, 11) is -3.85. The van der Waals surface area contributed by atoms with E-state index in [9.17, 15) is 33.1 Å². The molecule has 2 aliphatic rings. The van der Waals surface area contributed by atoms with E-state index >= 15 is 0 Å². The number of amides is 2. The van der Waals surface area contributed by atoms with E-state index < -0.39 is 56.2 Å². The van der Waals surface area contributed by atoms with E-state index in [4.69, 9.17) is 5.73 Å². The van der Waals surface area contributed by atoms with Crippen molar-refractivity contribution in [3.63, 3.8) is 0 Å². The number of hydrogen-bond acceptors (Lipinski definition) is 14. The largest absolute Gasteiger partial charge is 1.00 e. The predicted molar refractivity (Wildman–Crippen MR) is 133 cm³/mol. The Balaban J connectivity index is 0.00000353. The molecule has 4 heterocycles. The van der Waals surface area contributed by atoms with Gasteiger partial charge in [0.15, 0.2) is 20.7 Å². The molecule has 2 aliphatic heterocycles. The molecule has 0 aliphatic carbocycles. The van der Waals surface area contributed by atoms with Gasteiger partial charge in [0, 0.05) is 11.1 Å². The normalized spacial score (nSPS) is 19.3. The molecular formula is C20H17N8NaO7S3. The molecule has 0 radical (unpaired) electrons. The fourth-order valence-electron chi connectivity index (χ4n) is 4.15. The summed E-state index contributed by atoms with van der Waals surface area (Å²) in [5, 5.41) is 37.5. The summed E-state index contributed by atoms with van der Waals surface area (Å²) in [6.07, 6.45) is 0. The average Bonchev–Trinajstić information content (AvgIpc) is 3.50. The topological polar surface area (TPSA) is 237 Å². The van der Waals surface area contributed by atoms with Crippen molar-refractivity contribution < 1.29 is 62.7 Å². The van der Waals surface area contributed by atoms with Crippen LogP contribution in [-0.4, -0.2) is 85.3 Å². The minimum atomic E-state index is -3.85. The van der Waals surface area contributed by atoms with E-state index in [-0.39, 0.29) is 57.5 Å². The summed E-state index contributed by atoms with van der Waals surface area (Å²) in [5.41, 5.74) is 6.01. The number of anilines is 1. The molecule has 2 aromatic heterocycles. The van der Waals surface area contributed by atoms with Crippen molar-refractivity contribution in [2.75, 3.05) is 17.2 Å². The van der Waals surface area contributed by atoms with Crippen LogP contribution < -0.4 is 45.7 Å². The van der Waals surface area contributed by atoms with Crippen molar-refractivity contribution >= 4 is 72.6 Å². The van der Waals surface area contributed by atoms with Gasteiger partial charge in [-0.15, -0.1) is 23.1 Å². The van der Waals surface area contributed by atoms with Crippen molar-refractivity contribution in [3.05, 3.63) is 46.1 Å². The molecule has 39 heavy (non-hydrogen) atoms. The van der Waals surface area contributed by atoms with E-state index in [2.05, 4.69) is 30.9 Å². The van der Waals surface area contributed by atoms with Crippen molar-refractivity contribution in [2.45, 2.75) is 17.2 Å². The van der Waals surface area contributed by atoms with Crippen LogP contribution in [0.15, 0.2) is 40.0 Å². The molecule has 19 heteroatoms. The first kappa shape index (κ1) is 29.0. The molecule has 198 valence electrons. The molecule has 5 rings (SSSR count). The Morgan fingerprint density at radius 3 is 2.69 bits per heavy atom. The summed E-state index contributed by atoms with van der Waals surface area (Å²) in [4.78, 5) is 42.2. The number of fused-ring (bicyclic) bond motifs is 2. The number of thiazole rings is 1. The maximum Gasteiger partial charge on any atom is 1.00 e. The van der Waals surface area contributed by atoms with E-state index in [1.54, 1.807) is 18.2 Å². The summed E-state index contributed by atoms with van der Waals surface area (Å²) in [6, 6.07) is 3.60. The molecule has 1 aromatic carbocycles. The third-order valence-corrected chi connectivity index (χ3v) is 9.34. The number of rotatable bonds is 8. The van der Waals surface area contributed by atoms with Gasteiger partial charge in [-0.2, -0.15) is 15.4 Å². The second-order valence-electron chi connectivity index (χ2n) is 8.30. The Hall–Kier alpha value is -3.03. The molecule has 3 aromatic rings. The number of nitrogens with zero attached hydrogens (tertiary/aromatic N) is 5. The maximum atomic E-state index is 12.9. The number of carbonyl (C=O) groups is 3. The van der Waals surface area contributed by atoms with Crippen molar-refractivity contribution in [1.82, 2.24) is 30.6 Å². The number of hydrogen-bond donors (Lipinski definition) is 4. The first-order valence-corrected chi connectivity index (χ1v) is 14.4. The summed E-state index contributed by atoms with van der Waals surface area (Å²) < 4.78 is 25.9. The van der Waals surface area contributed by atoms with Gasteiger partial charge < -0.3 is 26.2 Å². The second-order valence-corrected chi connectivity index (χ2v) is 12.4. The standard InChI is InChI=1S/C20H18N8O7S3.Na/c21-20-22-12(5-37-20)13(26-33)16(29)23-14-17(30)28-15(19(31)32)9(4-36-18(14)28)7-38(34,35)6-8-1-2-10-11(3-8)25-27-24-10;/h1-3,5,14,18,33H,4,6-7H2,(H2,21,22)(H,23,29)(H,31,32)(H,24,25,27);/q;+1/p-1/b26-13-;/t14?,18-;/m1./s1. The summed E-state index contributed by atoms with van der Waals surface area (Å²) in [5.74, 6) is -4.44. The van der Waals surface area contributed by atoms with Crippen LogP contribution in [0.5, 0.6) is 0 Å². The SMILES string of the molecule is Nc1nc(/C(=N/O)C(=O)NC2C(=O)N3C(C(=O)[O-])=C(CS(=O)(=O)Cc4ccc5n[nH]nc5c4)CS[C@H]23)cs1.[Na+]. The third kappa shape index (κ3) is 5.66. The number of carboxylic acids is 1. The van der Waals surface area contributed by atoms with Gasteiger partial charge in [-0.1, -0.05) is 11.2 Å². The zero-order valence-corrected chi connectivity index (χ0v) is 24.5.